The molecule has 0 fully saturated rings. The molecule has 0 bridgehead atoms. The molecule has 2 aromatic rings. The van der Waals surface area contributed by atoms with Crippen LogP contribution < -0.4 is 4.90 Å². The van der Waals surface area contributed by atoms with Gasteiger partial charge >= 0.3 is 0 Å². The number of halogens is 2. The van der Waals surface area contributed by atoms with Gasteiger partial charge in [-0.3, -0.25) is 0 Å². The lowest BCUT2D eigenvalue weighted by Gasteiger charge is -2.16. The lowest BCUT2D eigenvalue weighted by Crippen LogP contribution is -2.12. The van der Waals surface area contributed by atoms with Crippen molar-refractivity contribution in [2.24, 2.45) is 0 Å². The number of hydrogen-bond acceptors (Lipinski definition) is 3. The van der Waals surface area contributed by atoms with E-state index >= 15 is 0 Å². The van der Waals surface area contributed by atoms with Crippen molar-refractivity contribution in [3.8, 4) is 0 Å². The molecule has 16 heavy (non-hydrogen) atoms. The number of anilines is 1. The highest BCUT2D eigenvalue weighted by Gasteiger charge is 2.13. The number of rotatable bonds is 1. The molecule has 0 saturated heterocycles. The van der Waals surface area contributed by atoms with E-state index < -0.39 is 0 Å². The molecular formula is C11H11Cl2N3. The van der Waals surface area contributed by atoms with Crippen LogP contribution in [0.25, 0.3) is 10.9 Å². The topological polar surface area (TPSA) is 29.0 Å². The Bertz CT molecular complexity index is 552. The predicted octanol–water partition coefficient (Wildman–Crippen LogP) is 3.31. The van der Waals surface area contributed by atoms with Crippen LogP contribution in [0.15, 0.2) is 12.1 Å². The largest absolute Gasteiger partial charge is 0.362 e. The molecule has 0 aliphatic heterocycles. The minimum atomic E-state index is 0.212. The molecule has 0 aliphatic carbocycles. The smallest absolute Gasteiger partial charge is 0.224 e. The maximum atomic E-state index is 6.11. The van der Waals surface area contributed by atoms with Crippen molar-refractivity contribution >= 4 is 39.9 Å². The van der Waals surface area contributed by atoms with Crippen molar-refractivity contribution in [2.45, 2.75) is 6.92 Å². The summed E-state index contributed by atoms with van der Waals surface area (Å²) in [5.41, 5.74) is 1.78. The molecule has 0 unspecified atom stereocenters. The molecule has 0 radical (unpaired) electrons. The van der Waals surface area contributed by atoms with E-state index in [1.165, 1.54) is 0 Å². The van der Waals surface area contributed by atoms with Gasteiger partial charge in [0.1, 0.15) is 5.82 Å². The molecule has 1 aromatic heterocycles. The Kier molecular flexibility index (Phi) is 2.91. The summed E-state index contributed by atoms with van der Waals surface area (Å²) in [5.74, 6) is 0.787. The Morgan fingerprint density at radius 3 is 2.44 bits per heavy atom. The Hall–Kier alpha value is -1.06. The van der Waals surface area contributed by atoms with Crippen molar-refractivity contribution in [2.75, 3.05) is 19.0 Å². The minimum Gasteiger partial charge on any atom is -0.362 e. The quantitative estimate of drug-likeness (QED) is 0.733. The molecular weight excluding hydrogens is 245 g/mol. The SMILES string of the molecule is Cc1ccc(Cl)c2nc(Cl)nc(N(C)C)c12. The first-order valence-corrected chi connectivity index (χ1v) is 5.56. The maximum Gasteiger partial charge on any atom is 0.224 e. The van der Waals surface area contributed by atoms with Gasteiger partial charge < -0.3 is 4.90 Å². The summed E-state index contributed by atoms with van der Waals surface area (Å²) in [6.45, 7) is 2.00. The summed E-state index contributed by atoms with van der Waals surface area (Å²) >= 11 is 12.0. The lowest BCUT2D eigenvalue weighted by atomic mass is 10.1. The number of aromatic nitrogens is 2. The van der Waals surface area contributed by atoms with Crippen molar-refractivity contribution in [1.82, 2.24) is 9.97 Å². The molecule has 0 spiro atoms. The van der Waals surface area contributed by atoms with Crippen LogP contribution in [0.4, 0.5) is 5.82 Å². The van der Waals surface area contributed by atoms with Gasteiger partial charge in [-0.1, -0.05) is 17.7 Å². The minimum absolute atomic E-state index is 0.212. The van der Waals surface area contributed by atoms with Gasteiger partial charge in [0.2, 0.25) is 5.28 Å². The Balaban J connectivity index is 2.95. The normalized spacial score (nSPS) is 10.8. The second-order valence-electron chi connectivity index (χ2n) is 3.80. The third kappa shape index (κ3) is 1.81. The van der Waals surface area contributed by atoms with Crippen LogP contribution >= 0.6 is 23.2 Å². The second kappa shape index (κ2) is 4.07. The van der Waals surface area contributed by atoms with Crippen LogP contribution in [0, 0.1) is 6.92 Å². The molecule has 0 amide bonds. The molecule has 2 rings (SSSR count). The molecule has 0 atom stereocenters. The monoisotopic (exact) mass is 255 g/mol. The van der Waals surface area contributed by atoms with Crippen LogP contribution in [-0.2, 0) is 0 Å². The highest BCUT2D eigenvalue weighted by Crippen LogP contribution is 2.31. The fraction of sp³-hybridized carbons (Fsp3) is 0.273. The molecule has 0 aliphatic rings. The lowest BCUT2D eigenvalue weighted by molar-refractivity contribution is 1.06. The fourth-order valence-electron chi connectivity index (χ4n) is 1.64. The van der Waals surface area contributed by atoms with E-state index in [2.05, 4.69) is 9.97 Å². The fourth-order valence-corrected chi connectivity index (χ4v) is 2.01. The first kappa shape index (κ1) is 11.4. The van der Waals surface area contributed by atoms with Gasteiger partial charge in [-0.25, -0.2) is 4.98 Å². The summed E-state index contributed by atoms with van der Waals surface area (Å²) in [6, 6.07) is 3.77. The van der Waals surface area contributed by atoms with Crippen LogP contribution in [0.1, 0.15) is 5.56 Å². The zero-order chi connectivity index (χ0) is 11.9. The van der Waals surface area contributed by atoms with E-state index in [-0.39, 0.29) is 5.28 Å². The highest BCUT2D eigenvalue weighted by atomic mass is 35.5. The van der Waals surface area contributed by atoms with Gasteiger partial charge in [-0.2, -0.15) is 4.98 Å². The number of hydrogen-bond donors (Lipinski definition) is 0. The van der Waals surface area contributed by atoms with Gasteiger partial charge in [-0.05, 0) is 30.2 Å². The maximum absolute atomic E-state index is 6.11. The Morgan fingerprint density at radius 2 is 1.81 bits per heavy atom. The zero-order valence-corrected chi connectivity index (χ0v) is 10.8. The van der Waals surface area contributed by atoms with E-state index in [4.69, 9.17) is 23.2 Å². The van der Waals surface area contributed by atoms with Gasteiger partial charge in [-0.15, -0.1) is 0 Å². The van der Waals surface area contributed by atoms with E-state index in [1.807, 2.05) is 38.1 Å². The van der Waals surface area contributed by atoms with Crippen molar-refractivity contribution in [3.63, 3.8) is 0 Å². The third-order valence-corrected chi connectivity index (χ3v) is 2.86. The number of benzene rings is 1. The first-order valence-electron chi connectivity index (χ1n) is 4.80. The average Bonchev–Trinajstić information content (AvgIpc) is 2.22. The molecule has 84 valence electrons. The van der Waals surface area contributed by atoms with E-state index in [1.54, 1.807) is 0 Å². The molecule has 0 N–H and O–H groups in total. The first-order chi connectivity index (χ1) is 7.50. The number of fused-ring (bicyclic) bond motifs is 1. The van der Waals surface area contributed by atoms with Crippen LogP contribution in [0.2, 0.25) is 10.3 Å². The van der Waals surface area contributed by atoms with E-state index in [0.717, 1.165) is 16.8 Å². The van der Waals surface area contributed by atoms with Gasteiger partial charge in [0.05, 0.1) is 10.5 Å². The van der Waals surface area contributed by atoms with E-state index in [0.29, 0.717) is 10.5 Å². The predicted molar refractivity (Wildman–Crippen MR) is 68.6 cm³/mol. The van der Waals surface area contributed by atoms with Crippen LogP contribution in [-0.4, -0.2) is 24.1 Å². The summed E-state index contributed by atoms with van der Waals surface area (Å²) in [7, 11) is 3.83. The zero-order valence-electron chi connectivity index (χ0n) is 9.25. The standard InChI is InChI=1S/C11H11Cl2N3/c1-6-4-5-7(12)9-8(6)10(16(2)3)15-11(13)14-9/h4-5H,1-3H3. The Morgan fingerprint density at radius 1 is 1.12 bits per heavy atom. The van der Waals surface area contributed by atoms with Crippen LogP contribution in [0.5, 0.6) is 0 Å². The molecule has 5 heteroatoms. The highest BCUT2D eigenvalue weighted by molar-refractivity contribution is 6.36. The average molecular weight is 256 g/mol. The van der Waals surface area contributed by atoms with Crippen molar-refractivity contribution in [1.29, 1.82) is 0 Å². The Labute approximate surface area is 104 Å². The molecule has 1 aromatic carbocycles. The van der Waals surface area contributed by atoms with Crippen molar-refractivity contribution < 1.29 is 0 Å². The van der Waals surface area contributed by atoms with Gasteiger partial charge in [0.15, 0.2) is 0 Å². The van der Waals surface area contributed by atoms with Crippen molar-refractivity contribution in [3.05, 3.63) is 28.0 Å². The van der Waals surface area contributed by atoms with Crippen LogP contribution in [0.3, 0.4) is 0 Å². The third-order valence-electron chi connectivity index (χ3n) is 2.39. The molecule has 0 saturated carbocycles. The summed E-state index contributed by atoms with van der Waals surface area (Å²) in [4.78, 5) is 10.3. The molecule has 3 nitrogen and oxygen atoms in total. The second-order valence-corrected chi connectivity index (χ2v) is 4.54. The van der Waals surface area contributed by atoms with E-state index in [9.17, 15) is 0 Å². The summed E-state index contributed by atoms with van der Waals surface area (Å²) in [6.07, 6.45) is 0. The van der Waals surface area contributed by atoms with Gasteiger partial charge in [0, 0.05) is 19.5 Å². The number of aryl methyl sites for hydroxylation is 1. The number of nitrogens with zero attached hydrogens (tertiary/aromatic N) is 3. The van der Waals surface area contributed by atoms with Gasteiger partial charge in [0.25, 0.3) is 0 Å². The summed E-state index contributed by atoms with van der Waals surface area (Å²) < 4.78 is 0. The summed E-state index contributed by atoms with van der Waals surface area (Å²) in [5, 5.41) is 1.75. The molecule has 1 heterocycles.